The van der Waals surface area contributed by atoms with Crippen LogP contribution in [0.25, 0.3) is 11.1 Å². The van der Waals surface area contributed by atoms with Gasteiger partial charge in [-0.15, -0.1) is 0 Å². The minimum absolute atomic E-state index is 0.0342. The quantitative estimate of drug-likeness (QED) is 0.887. The van der Waals surface area contributed by atoms with Crippen molar-refractivity contribution in [1.82, 2.24) is 14.8 Å². The van der Waals surface area contributed by atoms with Gasteiger partial charge in [0.25, 0.3) is 0 Å². The SMILES string of the molecule is CCCNC(=O)C1CCN(C(=O)Cn2c(=O)oc3ccccc32)CC1. The van der Waals surface area contributed by atoms with Crippen molar-refractivity contribution in [3.63, 3.8) is 0 Å². The van der Waals surface area contributed by atoms with Crippen LogP contribution < -0.4 is 11.1 Å². The van der Waals surface area contributed by atoms with Crippen LogP contribution >= 0.6 is 0 Å². The first-order chi connectivity index (χ1) is 12.1. The van der Waals surface area contributed by atoms with Crippen molar-refractivity contribution in [1.29, 1.82) is 0 Å². The van der Waals surface area contributed by atoms with E-state index in [1.54, 1.807) is 29.2 Å². The Labute approximate surface area is 145 Å². The molecule has 1 aromatic carbocycles. The van der Waals surface area contributed by atoms with Gasteiger partial charge in [-0.1, -0.05) is 19.1 Å². The number of nitrogens with zero attached hydrogens (tertiary/aromatic N) is 2. The molecule has 3 rings (SSSR count). The number of hydrogen-bond acceptors (Lipinski definition) is 4. The van der Waals surface area contributed by atoms with E-state index in [2.05, 4.69) is 5.32 Å². The van der Waals surface area contributed by atoms with Gasteiger partial charge in [-0.25, -0.2) is 4.79 Å². The summed E-state index contributed by atoms with van der Waals surface area (Å²) in [6.07, 6.45) is 2.22. The standard InChI is InChI=1S/C18H23N3O4/c1-2-9-19-17(23)13-7-10-20(11-8-13)16(22)12-21-14-5-3-4-6-15(14)25-18(21)24/h3-6,13H,2,7-12H2,1H3,(H,19,23). The number of carbonyl (C=O) groups excluding carboxylic acids is 2. The number of benzene rings is 1. The Morgan fingerprint density at radius 3 is 2.68 bits per heavy atom. The second kappa shape index (κ2) is 7.55. The van der Waals surface area contributed by atoms with Crippen molar-refractivity contribution in [2.45, 2.75) is 32.7 Å². The van der Waals surface area contributed by atoms with Crippen LogP contribution in [0.1, 0.15) is 26.2 Å². The summed E-state index contributed by atoms with van der Waals surface area (Å²) in [6, 6.07) is 7.06. The first-order valence-corrected chi connectivity index (χ1v) is 8.74. The maximum Gasteiger partial charge on any atom is 0.420 e. The van der Waals surface area contributed by atoms with Gasteiger partial charge in [-0.3, -0.25) is 14.2 Å². The molecule has 0 atom stereocenters. The Morgan fingerprint density at radius 2 is 1.96 bits per heavy atom. The number of likely N-dealkylation sites (tertiary alicyclic amines) is 1. The minimum atomic E-state index is -0.525. The summed E-state index contributed by atoms with van der Waals surface area (Å²) < 4.78 is 6.52. The molecule has 0 spiro atoms. The summed E-state index contributed by atoms with van der Waals surface area (Å²) in [5, 5.41) is 2.91. The summed E-state index contributed by atoms with van der Waals surface area (Å²) >= 11 is 0. The van der Waals surface area contributed by atoms with Gasteiger partial charge < -0.3 is 14.6 Å². The summed E-state index contributed by atoms with van der Waals surface area (Å²) in [6.45, 7) is 3.74. The van der Waals surface area contributed by atoms with Crippen LogP contribution in [0.15, 0.2) is 33.5 Å². The van der Waals surface area contributed by atoms with Gasteiger partial charge in [-0.05, 0) is 31.4 Å². The van der Waals surface area contributed by atoms with Crippen molar-refractivity contribution in [2.24, 2.45) is 5.92 Å². The van der Waals surface area contributed by atoms with E-state index in [9.17, 15) is 14.4 Å². The summed E-state index contributed by atoms with van der Waals surface area (Å²) in [4.78, 5) is 38.2. The zero-order valence-corrected chi connectivity index (χ0v) is 14.4. The molecule has 1 aliphatic heterocycles. The van der Waals surface area contributed by atoms with Gasteiger partial charge in [0.1, 0.15) is 6.54 Å². The third-order valence-corrected chi connectivity index (χ3v) is 4.63. The van der Waals surface area contributed by atoms with E-state index in [0.29, 0.717) is 43.6 Å². The number of carbonyl (C=O) groups is 2. The van der Waals surface area contributed by atoms with Crippen molar-refractivity contribution >= 4 is 22.9 Å². The third kappa shape index (κ3) is 3.75. The van der Waals surface area contributed by atoms with E-state index in [1.807, 2.05) is 6.92 Å². The van der Waals surface area contributed by atoms with E-state index in [0.717, 1.165) is 6.42 Å². The van der Waals surface area contributed by atoms with Crippen molar-refractivity contribution in [3.8, 4) is 0 Å². The van der Waals surface area contributed by atoms with Gasteiger partial charge in [-0.2, -0.15) is 0 Å². The lowest BCUT2D eigenvalue weighted by molar-refractivity contribution is -0.136. The minimum Gasteiger partial charge on any atom is -0.408 e. The Morgan fingerprint density at radius 1 is 1.24 bits per heavy atom. The normalized spacial score (nSPS) is 15.5. The van der Waals surface area contributed by atoms with Gasteiger partial charge in [0.05, 0.1) is 5.52 Å². The van der Waals surface area contributed by atoms with Crippen LogP contribution in [0, 0.1) is 5.92 Å². The van der Waals surface area contributed by atoms with Crippen molar-refractivity contribution < 1.29 is 14.0 Å². The molecule has 2 aromatic rings. The maximum absolute atomic E-state index is 12.5. The number of amides is 2. The number of fused-ring (bicyclic) bond motifs is 1. The van der Waals surface area contributed by atoms with Gasteiger partial charge >= 0.3 is 5.76 Å². The molecule has 0 radical (unpaired) electrons. The maximum atomic E-state index is 12.5. The molecule has 1 N–H and O–H groups in total. The van der Waals surface area contributed by atoms with E-state index in [-0.39, 0.29) is 24.3 Å². The predicted octanol–water partition coefficient (Wildman–Crippen LogP) is 1.36. The van der Waals surface area contributed by atoms with Gasteiger partial charge in [0.2, 0.25) is 11.8 Å². The van der Waals surface area contributed by atoms with E-state index < -0.39 is 5.76 Å². The highest BCUT2D eigenvalue weighted by Crippen LogP contribution is 2.18. The lowest BCUT2D eigenvalue weighted by atomic mass is 9.96. The Hall–Kier alpha value is -2.57. The number of rotatable bonds is 5. The molecule has 2 heterocycles. The zero-order chi connectivity index (χ0) is 17.8. The first-order valence-electron chi connectivity index (χ1n) is 8.74. The molecule has 25 heavy (non-hydrogen) atoms. The highest BCUT2D eigenvalue weighted by atomic mass is 16.4. The molecule has 0 unspecified atom stereocenters. The van der Waals surface area contributed by atoms with Crippen LogP contribution in [-0.2, 0) is 16.1 Å². The fourth-order valence-electron chi connectivity index (χ4n) is 3.18. The molecule has 1 fully saturated rings. The van der Waals surface area contributed by atoms with E-state index in [1.165, 1.54) is 4.57 Å². The first kappa shape index (κ1) is 17.3. The molecule has 2 amide bonds. The third-order valence-electron chi connectivity index (χ3n) is 4.63. The summed E-state index contributed by atoms with van der Waals surface area (Å²) in [5.41, 5.74) is 1.10. The average molecular weight is 345 g/mol. The van der Waals surface area contributed by atoms with Crippen molar-refractivity contribution in [2.75, 3.05) is 19.6 Å². The molecule has 7 nitrogen and oxygen atoms in total. The summed E-state index contributed by atoms with van der Waals surface area (Å²) in [5.74, 6) is -0.608. The molecule has 1 saturated heterocycles. The second-order valence-corrected chi connectivity index (χ2v) is 6.37. The van der Waals surface area contributed by atoms with Crippen LogP contribution in [0.3, 0.4) is 0 Å². The summed E-state index contributed by atoms with van der Waals surface area (Å²) in [7, 11) is 0. The fraction of sp³-hybridized carbons (Fsp3) is 0.500. The fourth-order valence-corrected chi connectivity index (χ4v) is 3.18. The van der Waals surface area contributed by atoms with Crippen LogP contribution in [0.4, 0.5) is 0 Å². The number of hydrogen-bond donors (Lipinski definition) is 1. The Balaban J connectivity index is 1.60. The van der Waals surface area contributed by atoms with Gasteiger partial charge in [0.15, 0.2) is 5.58 Å². The smallest absolute Gasteiger partial charge is 0.408 e. The second-order valence-electron chi connectivity index (χ2n) is 6.37. The lowest BCUT2D eigenvalue weighted by Gasteiger charge is -2.31. The number of piperidine rings is 1. The Bertz CT molecular complexity index is 815. The number of oxazole rings is 1. The van der Waals surface area contributed by atoms with Gasteiger partial charge in [0, 0.05) is 25.6 Å². The lowest BCUT2D eigenvalue weighted by Crippen LogP contribution is -2.44. The largest absolute Gasteiger partial charge is 0.420 e. The number of aromatic nitrogens is 1. The van der Waals surface area contributed by atoms with Crippen LogP contribution in [0.5, 0.6) is 0 Å². The average Bonchev–Trinajstić information content (AvgIpc) is 2.95. The molecule has 7 heteroatoms. The monoisotopic (exact) mass is 345 g/mol. The van der Waals surface area contributed by atoms with Crippen molar-refractivity contribution in [3.05, 3.63) is 34.8 Å². The molecule has 0 saturated carbocycles. The van der Waals surface area contributed by atoms with Crippen LogP contribution in [-0.4, -0.2) is 40.9 Å². The molecular weight excluding hydrogens is 322 g/mol. The van der Waals surface area contributed by atoms with E-state index >= 15 is 0 Å². The zero-order valence-electron chi connectivity index (χ0n) is 14.4. The number of nitrogens with one attached hydrogen (secondary N) is 1. The molecule has 0 aliphatic carbocycles. The molecule has 1 aromatic heterocycles. The molecule has 0 bridgehead atoms. The molecule has 134 valence electrons. The molecular formula is C18H23N3O4. The number of para-hydroxylation sites is 2. The Kier molecular flexibility index (Phi) is 5.21. The van der Waals surface area contributed by atoms with Crippen LogP contribution in [0.2, 0.25) is 0 Å². The highest BCUT2D eigenvalue weighted by molar-refractivity contribution is 5.81. The predicted molar refractivity (Wildman–Crippen MR) is 93.1 cm³/mol. The highest BCUT2D eigenvalue weighted by Gasteiger charge is 2.27. The van der Waals surface area contributed by atoms with E-state index in [4.69, 9.17) is 4.42 Å². The topological polar surface area (TPSA) is 84.5 Å². The molecule has 1 aliphatic rings.